The van der Waals surface area contributed by atoms with Gasteiger partial charge in [-0.05, 0) is 19.1 Å². The Bertz CT molecular complexity index is 449. The number of ether oxygens (including phenoxy) is 1. The van der Waals surface area contributed by atoms with E-state index < -0.39 is 0 Å². The van der Waals surface area contributed by atoms with E-state index in [4.69, 9.17) is 10.5 Å². The zero-order valence-corrected chi connectivity index (χ0v) is 7.48. The third-order valence-electron chi connectivity index (χ3n) is 1.93. The first kappa shape index (κ1) is 7.85. The van der Waals surface area contributed by atoms with Crippen molar-refractivity contribution in [3.63, 3.8) is 0 Å². The van der Waals surface area contributed by atoms with Crippen molar-refractivity contribution in [2.45, 2.75) is 6.92 Å². The molecule has 0 saturated carbocycles. The number of nitrogens with two attached hydrogens (primary N) is 1. The lowest BCUT2D eigenvalue weighted by Gasteiger charge is -2.04. The lowest BCUT2D eigenvalue weighted by Crippen LogP contribution is -1.99. The summed E-state index contributed by atoms with van der Waals surface area (Å²) in [4.78, 5) is 0. The summed E-state index contributed by atoms with van der Waals surface area (Å²) in [6.07, 6.45) is 0. The fourth-order valence-electron chi connectivity index (χ4n) is 1.30. The third kappa shape index (κ3) is 1.00. The Balaban J connectivity index is 2.87. The Kier molecular flexibility index (Phi) is 1.58. The molecule has 0 aliphatic heterocycles. The van der Waals surface area contributed by atoms with E-state index in [1.165, 1.54) is 0 Å². The molecule has 0 unspecified atom stereocenters. The predicted octanol–water partition coefficient (Wildman–Crippen LogP) is 0.629. The number of aryl methyl sites for hydroxylation is 1. The van der Waals surface area contributed by atoms with Crippen LogP contribution in [-0.4, -0.2) is 21.7 Å². The van der Waals surface area contributed by atoms with Crippen molar-refractivity contribution < 1.29 is 4.74 Å². The second-order valence-corrected chi connectivity index (χ2v) is 2.73. The van der Waals surface area contributed by atoms with Crippen molar-refractivity contribution in [2.75, 3.05) is 12.8 Å². The minimum absolute atomic E-state index is 0.610. The van der Waals surface area contributed by atoms with Crippen LogP contribution in [0.3, 0.4) is 0 Å². The molecule has 0 aromatic carbocycles. The molecule has 0 fully saturated rings. The van der Waals surface area contributed by atoms with Gasteiger partial charge in [-0.3, -0.25) is 4.40 Å². The quantitative estimate of drug-likeness (QED) is 0.695. The second-order valence-electron chi connectivity index (χ2n) is 2.73. The monoisotopic (exact) mass is 178 g/mol. The number of hydrogen-bond acceptors (Lipinski definition) is 4. The lowest BCUT2D eigenvalue weighted by atomic mass is 10.4. The molecule has 0 spiro atoms. The zero-order valence-electron chi connectivity index (χ0n) is 7.48. The van der Waals surface area contributed by atoms with Gasteiger partial charge in [0.2, 0.25) is 5.65 Å². The summed E-state index contributed by atoms with van der Waals surface area (Å²) in [7, 11) is 1.59. The Morgan fingerprint density at radius 1 is 1.38 bits per heavy atom. The molecule has 0 amide bonds. The van der Waals surface area contributed by atoms with Crippen LogP contribution in [0.5, 0.6) is 5.75 Å². The molecule has 5 heteroatoms. The summed E-state index contributed by atoms with van der Waals surface area (Å²) in [6.45, 7) is 1.84. The Labute approximate surface area is 75.1 Å². The molecule has 5 nitrogen and oxygen atoms in total. The van der Waals surface area contributed by atoms with Gasteiger partial charge in [0.1, 0.15) is 11.6 Å². The maximum atomic E-state index is 5.75. The standard InChI is InChI=1S/C8H10N4O/c1-5-10-11-8-6(13-2)3-4-7(9)12(5)8/h3-4H,9H2,1-2H3. The predicted molar refractivity (Wildman–Crippen MR) is 48.7 cm³/mol. The van der Waals surface area contributed by atoms with Crippen LogP contribution in [0.25, 0.3) is 5.65 Å². The molecule has 0 bridgehead atoms. The van der Waals surface area contributed by atoms with Gasteiger partial charge >= 0.3 is 0 Å². The topological polar surface area (TPSA) is 65.4 Å². The van der Waals surface area contributed by atoms with Gasteiger partial charge in [-0.2, -0.15) is 0 Å². The first-order valence-electron chi connectivity index (χ1n) is 3.88. The molecular formula is C8H10N4O. The molecule has 0 atom stereocenters. The highest BCUT2D eigenvalue weighted by atomic mass is 16.5. The molecule has 13 heavy (non-hydrogen) atoms. The number of anilines is 1. The Hall–Kier alpha value is -1.78. The number of methoxy groups -OCH3 is 1. The van der Waals surface area contributed by atoms with E-state index in [1.54, 1.807) is 23.6 Å². The van der Waals surface area contributed by atoms with Crippen molar-refractivity contribution in [3.8, 4) is 5.75 Å². The van der Waals surface area contributed by atoms with Crippen LogP contribution in [0.2, 0.25) is 0 Å². The highest BCUT2D eigenvalue weighted by Crippen LogP contribution is 2.20. The Morgan fingerprint density at radius 3 is 2.85 bits per heavy atom. The maximum Gasteiger partial charge on any atom is 0.204 e. The van der Waals surface area contributed by atoms with Gasteiger partial charge in [0, 0.05) is 0 Å². The molecule has 68 valence electrons. The molecule has 2 N–H and O–H groups in total. The minimum Gasteiger partial charge on any atom is -0.493 e. The number of aromatic nitrogens is 3. The van der Waals surface area contributed by atoms with Crippen LogP contribution in [0, 0.1) is 6.92 Å². The smallest absolute Gasteiger partial charge is 0.204 e. The fourth-order valence-corrected chi connectivity index (χ4v) is 1.30. The van der Waals surface area contributed by atoms with E-state index in [2.05, 4.69) is 10.2 Å². The van der Waals surface area contributed by atoms with Crippen molar-refractivity contribution in [1.29, 1.82) is 0 Å². The van der Waals surface area contributed by atoms with Gasteiger partial charge in [0.15, 0.2) is 5.75 Å². The van der Waals surface area contributed by atoms with E-state index in [1.807, 2.05) is 6.92 Å². The van der Waals surface area contributed by atoms with Crippen molar-refractivity contribution in [2.24, 2.45) is 0 Å². The number of nitrogens with zero attached hydrogens (tertiary/aromatic N) is 3. The van der Waals surface area contributed by atoms with Gasteiger partial charge in [-0.15, -0.1) is 10.2 Å². The first-order valence-corrected chi connectivity index (χ1v) is 3.88. The van der Waals surface area contributed by atoms with Gasteiger partial charge in [-0.1, -0.05) is 0 Å². The lowest BCUT2D eigenvalue weighted by molar-refractivity contribution is 0.417. The number of fused-ring (bicyclic) bond motifs is 1. The van der Waals surface area contributed by atoms with Gasteiger partial charge < -0.3 is 10.5 Å². The van der Waals surface area contributed by atoms with Crippen LogP contribution >= 0.6 is 0 Å². The van der Waals surface area contributed by atoms with Crippen LogP contribution in [0.1, 0.15) is 5.82 Å². The second kappa shape index (κ2) is 2.62. The van der Waals surface area contributed by atoms with Gasteiger partial charge in [0.25, 0.3) is 0 Å². The summed E-state index contributed by atoms with van der Waals surface area (Å²) in [6, 6.07) is 3.54. The van der Waals surface area contributed by atoms with Gasteiger partial charge in [0.05, 0.1) is 7.11 Å². The minimum atomic E-state index is 0.610. The largest absolute Gasteiger partial charge is 0.493 e. The van der Waals surface area contributed by atoms with Gasteiger partial charge in [-0.25, -0.2) is 0 Å². The third-order valence-corrected chi connectivity index (χ3v) is 1.93. The maximum absolute atomic E-state index is 5.75. The summed E-state index contributed by atoms with van der Waals surface area (Å²) < 4.78 is 6.87. The molecule has 2 aromatic rings. The summed E-state index contributed by atoms with van der Waals surface area (Å²) >= 11 is 0. The van der Waals surface area contributed by atoms with E-state index in [-0.39, 0.29) is 0 Å². The van der Waals surface area contributed by atoms with Crippen molar-refractivity contribution >= 4 is 11.5 Å². The summed E-state index contributed by atoms with van der Waals surface area (Å²) in [5, 5.41) is 7.88. The molecule has 0 radical (unpaired) electrons. The SMILES string of the molecule is COc1ccc(N)n2c(C)nnc12. The highest BCUT2D eigenvalue weighted by Gasteiger charge is 2.08. The Morgan fingerprint density at radius 2 is 2.15 bits per heavy atom. The highest BCUT2D eigenvalue weighted by molar-refractivity contribution is 5.58. The van der Waals surface area contributed by atoms with E-state index >= 15 is 0 Å². The molecule has 2 aromatic heterocycles. The number of rotatable bonds is 1. The zero-order chi connectivity index (χ0) is 9.42. The van der Waals surface area contributed by atoms with Crippen molar-refractivity contribution in [3.05, 3.63) is 18.0 Å². The van der Waals surface area contributed by atoms with E-state index in [0.29, 0.717) is 17.2 Å². The molecule has 2 heterocycles. The summed E-state index contributed by atoms with van der Waals surface area (Å²) in [5.41, 5.74) is 6.41. The molecule has 0 aliphatic rings. The van der Waals surface area contributed by atoms with Crippen LogP contribution < -0.4 is 10.5 Å². The van der Waals surface area contributed by atoms with Crippen LogP contribution in [0.4, 0.5) is 5.82 Å². The molecular weight excluding hydrogens is 168 g/mol. The number of hydrogen-bond donors (Lipinski definition) is 1. The average Bonchev–Trinajstić information content (AvgIpc) is 2.50. The van der Waals surface area contributed by atoms with E-state index in [0.717, 1.165) is 5.82 Å². The molecule has 2 rings (SSSR count). The molecule has 0 saturated heterocycles. The molecule has 0 aliphatic carbocycles. The number of nitrogen functional groups attached to an aromatic ring is 1. The van der Waals surface area contributed by atoms with Crippen LogP contribution in [0.15, 0.2) is 12.1 Å². The summed E-state index contributed by atoms with van der Waals surface area (Å²) in [5.74, 6) is 2.04. The number of pyridine rings is 1. The first-order chi connectivity index (χ1) is 6.24. The normalized spacial score (nSPS) is 10.6. The van der Waals surface area contributed by atoms with Crippen molar-refractivity contribution in [1.82, 2.24) is 14.6 Å². The fraction of sp³-hybridized carbons (Fsp3) is 0.250. The van der Waals surface area contributed by atoms with Crippen LogP contribution in [-0.2, 0) is 0 Å². The average molecular weight is 178 g/mol. The van der Waals surface area contributed by atoms with E-state index in [9.17, 15) is 0 Å².